The van der Waals surface area contributed by atoms with Crippen LogP contribution in [-0.4, -0.2) is 35.2 Å². The molecule has 4 nitrogen and oxygen atoms in total. The second-order valence-corrected chi connectivity index (χ2v) is 5.53. The van der Waals surface area contributed by atoms with Crippen LogP contribution < -0.4 is 5.32 Å². The number of carbonyl (C=O) groups is 1. The number of halogens is 2. The first-order chi connectivity index (χ1) is 9.47. The number of nitrogens with one attached hydrogen (secondary N) is 1. The van der Waals surface area contributed by atoms with E-state index in [-0.39, 0.29) is 23.7 Å². The van der Waals surface area contributed by atoms with Crippen molar-refractivity contribution in [1.29, 1.82) is 0 Å². The molecule has 1 aromatic carbocycles. The molecule has 0 aromatic heterocycles. The standard InChI is InChI=1S/C14H18ClFN2O2/c1-9(19)10-4-6-18(7-5-10)14(20)17-13-8-11(16)2-3-12(13)15/h2-3,8-10,19H,4-7H2,1H3,(H,17,20). The van der Waals surface area contributed by atoms with Gasteiger partial charge in [-0.15, -0.1) is 0 Å². The summed E-state index contributed by atoms with van der Waals surface area (Å²) >= 11 is 5.91. The number of carbonyl (C=O) groups excluding carboxylic acids is 1. The lowest BCUT2D eigenvalue weighted by Crippen LogP contribution is -2.42. The van der Waals surface area contributed by atoms with Crippen molar-refractivity contribution in [1.82, 2.24) is 4.90 Å². The van der Waals surface area contributed by atoms with Gasteiger partial charge < -0.3 is 15.3 Å². The van der Waals surface area contributed by atoms with Crippen molar-refractivity contribution in [2.75, 3.05) is 18.4 Å². The van der Waals surface area contributed by atoms with Gasteiger partial charge in [-0.1, -0.05) is 11.6 Å². The van der Waals surface area contributed by atoms with Crippen LogP contribution in [0, 0.1) is 11.7 Å². The van der Waals surface area contributed by atoms with Crippen LogP contribution in [-0.2, 0) is 0 Å². The highest BCUT2D eigenvalue weighted by Gasteiger charge is 2.25. The molecule has 2 N–H and O–H groups in total. The summed E-state index contributed by atoms with van der Waals surface area (Å²) in [6, 6.07) is 3.56. The SMILES string of the molecule is CC(O)C1CCN(C(=O)Nc2cc(F)ccc2Cl)CC1. The Hall–Kier alpha value is -1.33. The lowest BCUT2D eigenvalue weighted by atomic mass is 9.92. The quantitative estimate of drug-likeness (QED) is 0.882. The van der Waals surface area contributed by atoms with E-state index in [0.717, 1.165) is 12.8 Å². The molecule has 1 heterocycles. The molecule has 0 bridgehead atoms. The molecule has 1 fully saturated rings. The summed E-state index contributed by atoms with van der Waals surface area (Å²) in [5.41, 5.74) is 0.273. The predicted molar refractivity (Wildman–Crippen MR) is 76.4 cm³/mol. The number of benzene rings is 1. The maximum absolute atomic E-state index is 13.1. The van der Waals surface area contributed by atoms with E-state index >= 15 is 0 Å². The fourth-order valence-corrected chi connectivity index (χ4v) is 2.54. The fraction of sp³-hybridized carbons (Fsp3) is 0.500. The van der Waals surface area contributed by atoms with Crippen molar-refractivity contribution in [2.24, 2.45) is 5.92 Å². The third-order valence-corrected chi connectivity index (χ3v) is 4.01. The van der Waals surface area contributed by atoms with Gasteiger partial charge in [0.25, 0.3) is 0 Å². The topological polar surface area (TPSA) is 52.6 Å². The maximum Gasteiger partial charge on any atom is 0.321 e. The summed E-state index contributed by atoms with van der Waals surface area (Å²) in [4.78, 5) is 13.7. The van der Waals surface area contributed by atoms with Gasteiger partial charge in [0.05, 0.1) is 16.8 Å². The molecule has 20 heavy (non-hydrogen) atoms. The number of nitrogens with zero attached hydrogens (tertiary/aromatic N) is 1. The Balaban J connectivity index is 1.94. The number of likely N-dealkylation sites (tertiary alicyclic amines) is 1. The molecular formula is C14H18ClFN2O2. The van der Waals surface area contributed by atoms with Gasteiger partial charge in [0.2, 0.25) is 0 Å². The minimum atomic E-state index is -0.447. The number of anilines is 1. The third-order valence-electron chi connectivity index (χ3n) is 3.68. The summed E-state index contributed by atoms with van der Waals surface area (Å²) < 4.78 is 13.1. The number of piperidine rings is 1. The first-order valence-corrected chi connectivity index (χ1v) is 7.04. The molecule has 6 heteroatoms. The molecule has 0 saturated carbocycles. The van der Waals surface area contributed by atoms with Crippen molar-refractivity contribution in [3.63, 3.8) is 0 Å². The number of hydrogen-bond acceptors (Lipinski definition) is 2. The number of urea groups is 1. The first kappa shape index (κ1) is 15.1. The van der Waals surface area contributed by atoms with Crippen molar-refractivity contribution >= 4 is 23.3 Å². The zero-order valence-corrected chi connectivity index (χ0v) is 12.0. The van der Waals surface area contributed by atoms with Gasteiger partial charge in [0, 0.05) is 13.1 Å². The molecular weight excluding hydrogens is 283 g/mol. The van der Waals surface area contributed by atoms with Crippen LogP contribution in [0.4, 0.5) is 14.9 Å². The van der Waals surface area contributed by atoms with Crippen LogP contribution in [0.5, 0.6) is 0 Å². The zero-order valence-electron chi connectivity index (χ0n) is 11.3. The van der Waals surface area contributed by atoms with E-state index in [4.69, 9.17) is 11.6 Å². The average Bonchev–Trinajstić information content (AvgIpc) is 2.43. The Labute approximate surface area is 122 Å². The number of amides is 2. The van der Waals surface area contributed by atoms with E-state index in [1.807, 2.05) is 0 Å². The largest absolute Gasteiger partial charge is 0.393 e. The molecule has 1 aliphatic rings. The monoisotopic (exact) mass is 300 g/mol. The highest BCUT2D eigenvalue weighted by Crippen LogP contribution is 2.24. The van der Waals surface area contributed by atoms with Crippen LogP contribution in [0.25, 0.3) is 0 Å². The second kappa shape index (κ2) is 6.41. The molecule has 0 aliphatic carbocycles. The maximum atomic E-state index is 13.1. The van der Waals surface area contributed by atoms with Gasteiger partial charge in [0.1, 0.15) is 5.82 Å². The van der Waals surface area contributed by atoms with Crippen molar-refractivity contribution < 1.29 is 14.3 Å². The van der Waals surface area contributed by atoms with Crippen LogP contribution in [0.15, 0.2) is 18.2 Å². The molecule has 1 unspecified atom stereocenters. The van der Waals surface area contributed by atoms with Crippen molar-refractivity contribution in [2.45, 2.75) is 25.9 Å². The van der Waals surface area contributed by atoms with Gasteiger partial charge in [-0.25, -0.2) is 9.18 Å². The normalized spacial score (nSPS) is 17.9. The Morgan fingerprint density at radius 2 is 2.15 bits per heavy atom. The minimum Gasteiger partial charge on any atom is -0.393 e. The zero-order chi connectivity index (χ0) is 14.7. The third kappa shape index (κ3) is 3.61. The lowest BCUT2D eigenvalue weighted by molar-refractivity contribution is 0.0820. The molecule has 2 rings (SSSR count). The Morgan fingerprint density at radius 1 is 1.50 bits per heavy atom. The van der Waals surface area contributed by atoms with Gasteiger partial charge in [-0.05, 0) is 43.9 Å². The molecule has 1 saturated heterocycles. The van der Waals surface area contributed by atoms with Gasteiger partial charge in [-0.2, -0.15) is 0 Å². The van der Waals surface area contributed by atoms with Crippen LogP contribution >= 0.6 is 11.6 Å². The summed E-state index contributed by atoms with van der Waals surface area (Å²) in [7, 11) is 0. The Bertz CT molecular complexity index is 488. The highest BCUT2D eigenvalue weighted by atomic mass is 35.5. The van der Waals surface area contributed by atoms with Crippen molar-refractivity contribution in [3.8, 4) is 0 Å². The van der Waals surface area contributed by atoms with Crippen LogP contribution in [0.1, 0.15) is 19.8 Å². The Kier molecular flexibility index (Phi) is 4.83. The lowest BCUT2D eigenvalue weighted by Gasteiger charge is -2.33. The van der Waals surface area contributed by atoms with E-state index in [0.29, 0.717) is 18.1 Å². The molecule has 2 amide bonds. The van der Waals surface area contributed by atoms with Gasteiger partial charge in [-0.3, -0.25) is 0 Å². The molecule has 0 spiro atoms. The summed E-state index contributed by atoms with van der Waals surface area (Å²) in [5, 5.41) is 12.4. The average molecular weight is 301 g/mol. The first-order valence-electron chi connectivity index (χ1n) is 6.66. The molecule has 1 atom stereocenters. The molecule has 1 aromatic rings. The number of hydrogen-bond donors (Lipinski definition) is 2. The molecule has 1 aliphatic heterocycles. The second-order valence-electron chi connectivity index (χ2n) is 5.12. The van der Waals surface area contributed by atoms with E-state index < -0.39 is 5.82 Å². The fourth-order valence-electron chi connectivity index (χ4n) is 2.37. The summed E-state index contributed by atoms with van der Waals surface area (Å²) in [6.45, 7) is 2.93. The van der Waals surface area contributed by atoms with Crippen molar-refractivity contribution in [3.05, 3.63) is 29.0 Å². The number of aliphatic hydroxyl groups excluding tert-OH is 1. The number of rotatable bonds is 2. The molecule has 0 radical (unpaired) electrons. The van der Waals surface area contributed by atoms with E-state index in [9.17, 15) is 14.3 Å². The van der Waals surface area contributed by atoms with Crippen LogP contribution in [0.3, 0.4) is 0 Å². The van der Waals surface area contributed by atoms with Crippen LogP contribution in [0.2, 0.25) is 5.02 Å². The van der Waals surface area contributed by atoms with E-state index in [2.05, 4.69) is 5.32 Å². The van der Waals surface area contributed by atoms with Gasteiger partial charge in [0.15, 0.2) is 0 Å². The summed E-state index contributed by atoms with van der Waals surface area (Å²) in [6.07, 6.45) is 1.18. The number of aliphatic hydroxyl groups is 1. The van der Waals surface area contributed by atoms with E-state index in [1.165, 1.54) is 18.2 Å². The highest BCUT2D eigenvalue weighted by molar-refractivity contribution is 6.33. The Morgan fingerprint density at radius 3 is 2.75 bits per heavy atom. The van der Waals surface area contributed by atoms with Gasteiger partial charge >= 0.3 is 6.03 Å². The predicted octanol–water partition coefficient (Wildman–Crippen LogP) is 3.10. The van der Waals surface area contributed by atoms with E-state index in [1.54, 1.807) is 11.8 Å². The summed E-state index contributed by atoms with van der Waals surface area (Å²) in [5.74, 6) is -0.214. The minimum absolute atomic E-state index is 0.233. The smallest absolute Gasteiger partial charge is 0.321 e. The molecule has 110 valence electrons.